The summed E-state index contributed by atoms with van der Waals surface area (Å²) in [6.07, 6.45) is 3.07. The van der Waals surface area contributed by atoms with Crippen LogP contribution in [-0.4, -0.2) is 329 Å². The lowest BCUT2D eigenvalue weighted by Crippen LogP contribution is -2.66. The van der Waals surface area contributed by atoms with Gasteiger partial charge in [0.2, 0.25) is 5.91 Å². The molecule has 0 aliphatic carbocycles. The van der Waals surface area contributed by atoms with Gasteiger partial charge in [0.1, 0.15) is 76.1 Å². The lowest BCUT2D eigenvalue weighted by molar-refractivity contribution is -0.404. The molecular weight excluding hydrogens is 1920 g/mol. The molecule has 0 saturated carbocycles. The van der Waals surface area contributed by atoms with E-state index in [0.717, 1.165) is 12.1 Å². The Hall–Kier alpha value is -11.6. The summed E-state index contributed by atoms with van der Waals surface area (Å²) >= 11 is 0. The second-order valence-electron chi connectivity index (χ2n) is 40.2. The van der Waals surface area contributed by atoms with E-state index in [1.165, 1.54) is 52.7 Å². The average molecular weight is 2080 g/mol. The fraction of sp³-hybridized carbons (Fsp3) is 0.717. The van der Waals surface area contributed by atoms with Gasteiger partial charge >= 0.3 is 53.2 Å². The van der Waals surface area contributed by atoms with Crippen LogP contribution in [0.5, 0.6) is 0 Å². The van der Waals surface area contributed by atoms with Gasteiger partial charge in [-0.25, -0.2) is 14.8 Å². The van der Waals surface area contributed by atoms with Crippen molar-refractivity contribution < 1.29 is 155 Å². The van der Waals surface area contributed by atoms with Crippen molar-refractivity contribution in [3.05, 3.63) is 128 Å². The number of hydrogen-bond acceptors (Lipinski definition) is 44. The number of anilines is 1. The van der Waals surface area contributed by atoms with Crippen LogP contribution in [0.4, 0.5) is 44.6 Å². The third-order valence-corrected chi connectivity index (χ3v) is 20.2. The summed E-state index contributed by atoms with van der Waals surface area (Å²) in [5, 5.41) is 132. The van der Waals surface area contributed by atoms with Crippen molar-refractivity contribution in [2.24, 2.45) is 17.6 Å². The number of carbonyl (C=O) groups excluding carboxylic acids is 8. The summed E-state index contributed by atoms with van der Waals surface area (Å²) in [4.78, 5) is 169. The number of benzene rings is 2. The first-order valence-electron chi connectivity index (χ1n) is 46.5. The fourth-order valence-corrected chi connectivity index (χ4v) is 14.3. The Labute approximate surface area is 841 Å². The third-order valence-electron chi connectivity index (χ3n) is 20.2. The maximum atomic E-state index is 13.1. The number of ether oxygens (including phenoxy) is 12. The second-order valence-corrected chi connectivity index (χ2v) is 40.2. The molecule has 2 saturated heterocycles. The van der Waals surface area contributed by atoms with E-state index in [1.54, 1.807) is 191 Å². The molecule has 2 aliphatic heterocycles. The van der Waals surface area contributed by atoms with Gasteiger partial charge in [0.05, 0.1) is 135 Å². The number of hydrogen-bond donors (Lipinski definition) is 9. The van der Waals surface area contributed by atoms with Crippen molar-refractivity contribution in [1.82, 2.24) is 34.2 Å². The Morgan fingerprint density at radius 2 is 0.828 bits per heavy atom. The largest absolute Gasteiger partial charge is 0.459 e. The van der Waals surface area contributed by atoms with Gasteiger partial charge < -0.3 is 104 Å². The molecule has 4 aromatic rings. The predicted molar refractivity (Wildman–Crippen MR) is 519 cm³/mol. The number of nitro benzene ring substituents is 6. The topological polar surface area (TPSA) is 720 Å². The predicted octanol–water partition coefficient (Wildman–Crippen LogP) is 8.58. The quantitative estimate of drug-likeness (QED) is 0.00659. The molecule has 6 rings (SSSR count). The number of aliphatic hydroxyl groups excluding tert-OH is 6. The number of aromatic nitrogens is 4. The molecule has 2 aromatic carbocycles. The second kappa shape index (κ2) is 59.9. The van der Waals surface area contributed by atoms with Crippen LogP contribution >= 0.6 is 0 Å². The molecule has 0 spiro atoms. The smallest absolute Gasteiger partial charge is 0.338 e. The highest BCUT2D eigenvalue weighted by Crippen LogP contribution is 2.43. The number of methoxy groups -OCH3 is 2. The maximum Gasteiger partial charge on any atom is 0.338 e. The number of nitrogens with one attached hydrogen (secondary N) is 2. The molecule has 12 unspecified atom stereocenters. The standard InChI is InChI=1S/C24H44N2O7.C22H42N2O6.C20H38O11.C10H12N4O7.C9H9N3O6.C7H6N4O/c1-17(27)25-14-12-11-13-18(21(30)33-24(8,9)10)26(15-19(28)31-22(2,3)4)16-20(29)32-23(5,6)7;1-20(2,3)28-17(25)14-24(15-18(26)29-21(4,5)6)16(12-10-11-13-23)19(27)30-22(7,8)9;1-19(2,28-6)11-9(7-21)30-18(16(26)13(11)23)31-20(3,4)12-10(8-22)29-17(27-5)15(25)14(12)24;1-2-21-4-3-11-10-8(13(17)18)5-7(12(15)16)6-9(10)14(19)20;1-2-3-7-8(11(15)16)4-6(10(13)14)5-9(7)12(17)18;12-7(10-3-1-8-5-10)11-4-2-9-6-11/h18H,11-16H2,1-10H3,(H,25,27);16H,10-15,23H2,1-9H3;9-18,21-26H,7-8H2,1-6H3;5-6,11H,2-4H2,1H3;4-5H,2-3H2,1H3;1-6H. The van der Waals surface area contributed by atoms with Gasteiger partial charge in [0.25, 0.3) is 22.7 Å². The zero-order chi connectivity index (χ0) is 112. The van der Waals surface area contributed by atoms with Crippen LogP contribution in [0.3, 0.4) is 0 Å². The van der Waals surface area contributed by atoms with Crippen molar-refractivity contribution in [2.75, 3.05) is 91.8 Å². The number of nitrogens with zero attached hydrogens (tertiary/aromatic N) is 12. The molecule has 2 aliphatic rings. The van der Waals surface area contributed by atoms with E-state index in [4.69, 9.17) is 62.6 Å². The first kappa shape index (κ1) is 131. The van der Waals surface area contributed by atoms with E-state index >= 15 is 0 Å². The molecule has 53 nitrogen and oxygen atoms in total. The number of nitro groups is 6. The number of unbranched alkanes of at least 4 members (excludes halogenated alkanes) is 2. The van der Waals surface area contributed by atoms with Crippen LogP contribution in [0.25, 0.3) is 0 Å². The Bertz CT molecular complexity index is 4640. The fourth-order valence-electron chi connectivity index (χ4n) is 14.3. The molecule has 2 aromatic heterocycles. The molecule has 4 heterocycles. The van der Waals surface area contributed by atoms with Gasteiger partial charge in [0.15, 0.2) is 18.3 Å². The summed E-state index contributed by atoms with van der Waals surface area (Å²) in [7, 11) is 2.76. The van der Waals surface area contributed by atoms with Gasteiger partial charge in [-0.3, -0.25) is 113 Å². The Balaban J connectivity index is 0.000000890. The molecule has 1 amide bonds. The van der Waals surface area contributed by atoms with Crippen LogP contribution in [0, 0.1) is 72.5 Å². The Morgan fingerprint density at radius 3 is 1.12 bits per heavy atom. The number of imidazole rings is 2. The van der Waals surface area contributed by atoms with Crippen molar-refractivity contribution in [1.29, 1.82) is 0 Å². The number of amides is 1. The minimum Gasteiger partial charge on any atom is -0.459 e. The highest BCUT2D eigenvalue weighted by Gasteiger charge is 2.57. The van der Waals surface area contributed by atoms with Gasteiger partial charge in [-0.05, 0) is 204 Å². The first-order chi connectivity index (χ1) is 66.7. The van der Waals surface area contributed by atoms with Crippen molar-refractivity contribution >= 4 is 87.6 Å². The molecule has 2 fully saturated rings. The summed E-state index contributed by atoms with van der Waals surface area (Å²) in [6.45, 7) is 42.8. The van der Waals surface area contributed by atoms with E-state index in [0.29, 0.717) is 76.8 Å². The minimum atomic E-state index is -1.49. The zero-order valence-corrected chi connectivity index (χ0v) is 87.8. The van der Waals surface area contributed by atoms with Crippen LogP contribution in [0.15, 0.2) is 61.7 Å². The minimum absolute atomic E-state index is 0.0851. The van der Waals surface area contributed by atoms with Gasteiger partial charge in [0, 0.05) is 77.5 Å². The lowest BCUT2D eigenvalue weighted by Gasteiger charge is -2.52. The molecule has 822 valence electrons. The number of esters is 6. The summed E-state index contributed by atoms with van der Waals surface area (Å²) in [5.41, 5.74) is -5.34. The SMILES string of the molecule is CC(=O)NCCCCC(C(=O)OC(C)(C)C)N(CC(=O)OC(C)(C)C)CC(=O)OC(C)(C)C.CC(C)(C)OC(=O)CN(CC(=O)OC(C)(C)C)C(CCCCN)C(=O)OC(C)(C)C.CCCc1c([N+](=O)[O-])cc([N+](=O)[O-])cc1[N+](=O)[O-].CCOCCNc1c([N+](=O)[O-])cc([N+](=O)[O-])cc1[N+](=O)[O-].COC1OC(CO)C(C(C)(C)OC2OC(CO)C(C(C)(C)OC)C(O)C2O)C(O)C1O.O=C(n1ccnc1)n1ccnc1. The van der Waals surface area contributed by atoms with Crippen LogP contribution in [-0.2, 0) is 96.8 Å². The first-order valence-corrected chi connectivity index (χ1v) is 46.5. The number of nitrogens with two attached hydrogens (primary N) is 1. The number of rotatable bonds is 42. The summed E-state index contributed by atoms with van der Waals surface area (Å²) in [5.74, 6) is -5.02. The molecule has 0 radical (unpaired) electrons. The third kappa shape index (κ3) is 48.1. The van der Waals surface area contributed by atoms with Crippen LogP contribution < -0.4 is 16.4 Å². The Morgan fingerprint density at radius 1 is 0.483 bits per heavy atom. The van der Waals surface area contributed by atoms with E-state index < -0.39 is 231 Å². The van der Waals surface area contributed by atoms with E-state index in [-0.39, 0.29) is 68.9 Å². The number of non-ortho nitro benzene ring substituents is 2. The van der Waals surface area contributed by atoms with E-state index in [1.807, 2.05) is 0 Å². The molecule has 0 bridgehead atoms. The van der Waals surface area contributed by atoms with E-state index in [9.17, 15) is 130 Å². The van der Waals surface area contributed by atoms with Crippen LogP contribution in [0.2, 0.25) is 0 Å². The van der Waals surface area contributed by atoms with Gasteiger partial charge in [-0.2, -0.15) is 0 Å². The molecule has 12 atom stereocenters. The van der Waals surface area contributed by atoms with Crippen molar-refractivity contribution in [2.45, 2.75) is 331 Å². The summed E-state index contributed by atoms with van der Waals surface area (Å²) < 4.78 is 68.3. The molecule has 145 heavy (non-hydrogen) atoms. The maximum absolute atomic E-state index is 13.1. The number of aliphatic hydroxyl groups is 6. The highest BCUT2D eigenvalue weighted by molar-refractivity contribution is 5.83. The average Bonchev–Trinajstić information content (AvgIpc) is 0.970. The van der Waals surface area contributed by atoms with Crippen LogP contribution in [0.1, 0.15) is 224 Å². The van der Waals surface area contributed by atoms with Gasteiger partial charge in [-0.1, -0.05) is 19.8 Å². The molecule has 53 heteroatoms. The lowest BCUT2D eigenvalue weighted by atomic mass is 9.76. The molecule has 10 N–H and O–H groups in total. The summed E-state index contributed by atoms with van der Waals surface area (Å²) in [6, 6.07) is 1.00. The zero-order valence-electron chi connectivity index (χ0n) is 87.8. The molecular formula is C92H151N15O38. The highest BCUT2D eigenvalue weighted by atomic mass is 16.7. The monoisotopic (exact) mass is 2070 g/mol. The van der Waals surface area contributed by atoms with E-state index in [2.05, 4.69) is 20.6 Å². The normalized spacial score (nSPS) is 18.5. The van der Waals surface area contributed by atoms with Gasteiger partial charge in [-0.15, -0.1) is 0 Å². The van der Waals surface area contributed by atoms with Crippen molar-refractivity contribution in [3.63, 3.8) is 0 Å². The number of carbonyl (C=O) groups is 8. The van der Waals surface area contributed by atoms with Crippen molar-refractivity contribution in [3.8, 4) is 0 Å². The Kier molecular flexibility index (Phi) is 54.3.